The molecule has 0 fully saturated rings. The Hall–Kier alpha value is -3.47. The average molecular weight is 432 g/mol. The van der Waals surface area contributed by atoms with Crippen LogP contribution in [0.3, 0.4) is 0 Å². The Kier molecular flexibility index (Phi) is 6.35. The molecular formula is C27H29NO4. The molecule has 1 aliphatic carbocycles. The molecule has 5 heteroatoms. The highest BCUT2D eigenvalue weighted by molar-refractivity contribution is 5.87. The van der Waals surface area contributed by atoms with Crippen LogP contribution in [-0.4, -0.2) is 32.3 Å². The predicted octanol–water partition coefficient (Wildman–Crippen LogP) is 4.75. The number of methoxy groups -OCH3 is 2. The van der Waals surface area contributed by atoms with Gasteiger partial charge in [0.2, 0.25) is 0 Å². The number of ether oxygens (including phenoxy) is 3. The lowest BCUT2D eigenvalue weighted by molar-refractivity contribution is -0.145. The van der Waals surface area contributed by atoms with Crippen molar-refractivity contribution < 1.29 is 19.0 Å². The largest absolute Gasteiger partial charge is 0.493 e. The number of hydrogen-bond acceptors (Lipinski definition) is 5. The second kappa shape index (κ2) is 9.35. The first-order chi connectivity index (χ1) is 15.5. The number of fused-ring (bicyclic) bond motifs is 1. The van der Waals surface area contributed by atoms with Crippen molar-refractivity contribution in [2.45, 2.75) is 31.7 Å². The first-order valence-electron chi connectivity index (χ1n) is 10.8. The molecule has 0 saturated carbocycles. The van der Waals surface area contributed by atoms with Gasteiger partial charge in [-0.25, -0.2) is 4.79 Å². The quantitative estimate of drug-likeness (QED) is 0.522. The van der Waals surface area contributed by atoms with Gasteiger partial charge in [-0.3, -0.25) is 0 Å². The monoisotopic (exact) mass is 431 g/mol. The Morgan fingerprint density at radius 2 is 1.69 bits per heavy atom. The third kappa shape index (κ3) is 4.57. The van der Waals surface area contributed by atoms with E-state index in [1.165, 1.54) is 18.2 Å². The van der Waals surface area contributed by atoms with Gasteiger partial charge in [-0.05, 0) is 35.7 Å². The maximum atomic E-state index is 12.8. The van der Waals surface area contributed by atoms with Crippen LogP contribution in [0.5, 0.6) is 11.5 Å². The van der Waals surface area contributed by atoms with Crippen molar-refractivity contribution in [3.63, 3.8) is 0 Å². The van der Waals surface area contributed by atoms with Crippen LogP contribution in [-0.2, 0) is 28.8 Å². The van der Waals surface area contributed by atoms with E-state index < -0.39 is 5.54 Å². The molecule has 0 atom stereocenters. The minimum atomic E-state index is -0.841. The molecule has 32 heavy (non-hydrogen) atoms. The summed E-state index contributed by atoms with van der Waals surface area (Å²) in [5.41, 5.74) is 4.73. The molecule has 1 aliphatic rings. The number of carbonyl (C=O) groups is 1. The predicted molar refractivity (Wildman–Crippen MR) is 126 cm³/mol. The summed E-state index contributed by atoms with van der Waals surface area (Å²) in [6.07, 6.45) is 1.95. The van der Waals surface area contributed by atoms with Crippen molar-refractivity contribution in [1.82, 2.24) is 0 Å². The van der Waals surface area contributed by atoms with E-state index in [2.05, 4.69) is 48.6 Å². The zero-order valence-electron chi connectivity index (χ0n) is 18.8. The van der Waals surface area contributed by atoms with Gasteiger partial charge in [-0.2, -0.15) is 0 Å². The Bertz CT molecular complexity index is 1080. The topological polar surface area (TPSA) is 56.8 Å². The highest BCUT2D eigenvalue weighted by Crippen LogP contribution is 2.37. The smallest absolute Gasteiger partial charge is 0.332 e. The lowest BCUT2D eigenvalue weighted by atomic mass is 9.95. The van der Waals surface area contributed by atoms with Crippen molar-refractivity contribution in [3.8, 4) is 11.5 Å². The molecule has 0 aromatic heterocycles. The molecule has 0 aliphatic heterocycles. The van der Waals surface area contributed by atoms with Crippen LogP contribution in [0.1, 0.15) is 22.3 Å². The van der Waals surface area contributed by atoms with Crippen LogP contribution in [0.4, 0.5) is 5.69 Å². The van der Waals surface area contributed by atoms with Gasteiger partial charge in [0.1, 0.15) is 5.54 Å². The maximum Gasteiger partial charge on any atom is 0.332 e. The minimum absolute atomic E-state index is 0.272. The lowest BCUT2D eigenvalue weighted by Crippen LogP contribution is -2.48. The molecule has 0 radical (unpaired) electrons. The molecule has 3 aromatic carbocycles. The van der Waals surface area contributed by atoms with Gasteiger partial charge in [0.15, 0.2) is 11.5 Å². The Morgan fingerprint density at radius 3 is 2.34 bits per heavy atom. The fourth-order valence-electron chi connectivity index (χ4n) is 4.38. The standard InChI is InChI=1S/C27H29NO4/c1-19-7-6-8-20(15-19)13-14-32-25-16-23(11-12-24(25)30-2)28-27(26(29)31-3)17-21-9-4-5-10-22(21)18-27/h4-12,15-16,28H,13-14,17-18H2,1-3H3. The van der Waals surface area contributed by atoms with E-state index in [0.717, 1.165) is 23.2 Å². The summed E-state index contributed by atoms with van der Waals surface area (Å²) < 4.78 is 16.8. The van der Waals surface area contributed by atoms with Crippen molar-refractivity contribution >= 4 is 11.7 Å². The van der Waals surface area contributed by atoms with Crippen molar-refractivity contribution in [2.75, 3.05) is 26.1 Å². The number of nitrogens with one attached hydrogen (secondary N) is 1. The zero-order valence-corrected chi connectivity index (χ0v) is 18.8. The normalized spacial score (nSPS) is 13.8. The first-order valence-corrected chi connectivity index (χ1v) is 10.8. The maximum absolute atomic E-state index is 12.8. The number of aryl methyl sites for hydroxylation is 1. The van der Waals surface area contributed by atoms with Crippen LogP contribution in [0.25, 0.3) is 0 Å². The fraction of sp³-hybridized carbons (Fsp3) is 0.296. The number of carbonyl (C=O) groups excluding carboxylic acids is 1. The third-order valence-corrected chi connectivity index (χ3v) is 5.96. The van der Waals surface area contributed by atoms with Gasteiger partial charge in [0.05, 0.1) is 20.8 Å². The van der Waals surface area contributed by atoms with Gasteiger partial charge < -0.3 is 19.5 Å². The van der Waals surface area contributed by atoms with E-state index in [9.17, 15) is 4.79 Å². The summed E-state index contributed by atoms with van der Waals surface area (Å²) in [5.74, 6) is 1.02. The van der Waals surface area contributed by atoms with E-state index in [1.54, 1.807) is 7.11 Å². The third-order valence-electron chi connectivity index (χ3n) is 5.96. The molecule has 0 amide bonds. The number of rotatable bonds is 8. The summed E-state index contributed by atoms with van der Waals surface area (Å²) >= 11 is 0. The van der Waals surface area contributed by atoms with Gasteiger partial charge in [-0.15, -0.1) is 0 Å². The Labute approximate surface area is 189 Å². The summed E-state index contributed by atoms with van der Waals surface area (Å²) in [7, 11) is 3.06. The number of esters is 1. The Balaban J connectivity index is 1.52. The molecular weight excluding hydrogens is 402 g/mol. The summed E-state index contributed by atoms with van der Waals surface area (Å²) in [5, 5.41) is 3.45. The fourth-order valence-corrected chi connectivity index (χ4v) is 4.38. The van der Waals surface area contributed by atoms with Crippen molar-refractivity contribution in [1.29, 1.82) is 0 Å². The zero-order chi connectivity index (χ0) is 22.6. The number of anilines is 1. The van der Waals surface area contributed by atoms with E-state index in [4.69, 9.17) is 14.2 Å². The van der Waals surface area contributed by atoms with E-state index in [1.807, 2.05) is 30.3 Å². The van der Waals surface area contributed by atoms with E-state index >= 15 is 0 Å². The van der Waals surface area contributed by atoms with E-state index in [-0.39, 0.29) is 5.97 Å². The molecule has 0 spiro atoms. The number of hydrogen-bond donors (Lipinski definition) is 1. The number of benzene rings is 3. The lowest BCUT2D eigenvalue weighted by Gasteiger charge is -2.29. The highest BCUT2D eigenvalue weighted by atomic mass is 16.5. The molecule has 5 nitrogen and oxygen atoms in total. The molecule has 0 heterocycles. The average Bonchev–Trinajstić information content (AvgIpc) is 3.18. The van der Waals surface area contributed by atoms with E-state index in [0.29, 0.717) is 30.9 Å². The van der Waals surface area contributed by atoms with Gasteiger partial charge in [-0.1, -0.05) is 54.1 Å². The molecule has 0 saturated heterocycles. The molecule has 0 unspecified atom stereocenters. The highest BCUT2D eigenvalue weighted by Gasteiger charge is 2.45. The molecule has 0 bridgehead atoms. The minimum Gasteiger partial charge on any atom is -0.493 e. The summed E-state index contributed by atoms with van der Waals surface area (Å²) in [6, 6.07) is 22.2. The van der Waals surface area contributed by atoms with Crippen LogP contribution < -0.4 is 14.8 Å². The SMILES string of the molecule is COC(=O)C1(Nc2ccc(OC)c(OCCc3cccc(C)c3)c2)Cc2ccccc2C1. The Morgan fingerprint density at radius 1 is 0.938 bits per heavy atom. The second-order valence-corrected chi connectivity index (χ2v) is 8.27. The van der Waals surface area contributed by atoms with Crippen LogP contribution in [0.15, 0.2) is 66.7 Å². The van der Waals surface area contributed by atoms with Gasteiger partial charge in [0, 0.05) is 31.0 Å². The summed E-state index contributed by atoms with van der Waals surface area (Å²) in [6.45, 7) is 2.61. The van der Waals surface area contributed by atoms with Crippen molar-refractivity contribution in [3.05, 3.63) is 89.0 Å². The van der Waals surface area contributed by atoms with Crippen LogP contribution >= 0.6 is 0 Å². The molecule has 3 aromatic rings. The van der Waals surface area contributed by atoms with Crippen LogP contribution in [0.2, 0.25) is 0 Å². The van der Waals surface area contributed by atoms with Crippen LogP contribution in [0, 0.1) is 6.92 Å². The molecule has 166 valence electrons. The first kappa shape index (κ1) is 21.8. The van der Waals surface area contributed by atoms with Crippen molar-refractivity contribution in [2.24, 2.45) is 0 Å². The second-order valence-electron chi connectivity index (χ2n) is 8.27. The molecule has 1 N–H and O–H groups in total. The van der Waals surface area contributed by atoms with Gasteiger partial charge >= 0.3 is 5.97 Å². The van der Waals surface area contributed by atoms with Gasteiger partial charge in [0.25, 0.3) is 0 Å². The molecule has 4 rings (SSSR count). The summed E-state index contributed by atoms with van der Waals surface area (Å²) in [4.78, 5) is 12.8.